The average molecular weight is 300 g/mol. The predicted octanol–water partition coefficient (Wildman–Crippen LogP) is 3.34. The van der Waals surface area contributed by atoms with Crippen molar-refractivity contribution < 1.29 is 9.53 Å². The molecule has 0 fully saturated rings. The second-order valence-corrected chi connectivity index (χ2v) is 6.07. The summed E-state index contributed by atoms with van der Waals surface area (Å²) in [4.78, 5) is 13.7. The van der Waals surface area contributed by atoms with E-state index < -0.39 is 0 Å². The summed E-state index contributed by atoms with van der Waals surface area (Å²) >= 11 is 0. The van der Waals surface area contributed by atoms with Crippen molar-refractivity contribution in [2.24, 2.45) is 5.73 Å². The molecule has 0 aliphatic rings. The Kier molecular flexibility index (Phi) is 13.9. The molecule has 1 atom stereocenters. The second kappa shape index (κ2) is 14.3. The molecule has 0 bridgehead atoms. The van der Waals surface area contributed by atoms with Gasteiger partial charge in [0.2, 0.25) is 5.91 Å². The molecule has 1 amide bonds. The maximum atomic E-state index is 11.9. The van der Waals surface area contributed by atoms with E-state index in [1.807, 2.05) is 7.05 Å². The fourth-order valence-corrected chi connectivity index (χ4v) is 2.50. The van der Waals surface area contributed by atoms with Crippen molar-refractivity contribution in [3.05, 3.63) is 0 Å². The van der Waals surface area contributed by atoms with Gasteiger partial charge < -0.3 is 15.4 Å². The summed E-state index contributed by atoms with van der Waals surface area (Å²) < 4.78 is 4.98. The maximum absolute atomic E-state index is 11.9. The van der Waals surface area contributed by atoms with Gasteiger partial charge in [0.05, 0.1) is 6.61 Å². The molecule has 126 valence electrons. The van der Waals surface area contributed by atoms with Gasteiger partial charge in [-0.15, -0.1) is 0 Å². The molecular weight excluding hydrogens is 264 g/mol. The highest BCUT2D eigenvalue weighted by Crippen LogP contribution is 2.11. The Labute approximate surface area is 131 Å². The van der Waals surface area contributed by atoms with Crippen molar-refractivity contribution >= 4 is 5.91 Å². The number of carbonyl (C=O) groups is 1. The highest BCUT2D eigenvalue weighted by atomic mass is 16.5. The van der Waals surface area contributed by atoms with Crippen molar-refractivity contribution in [2.75, 3.05) is 27.3 Å². The largest absolute Gasteiger partial charge is 0.383 e. The lowest BCUT2D eigenvalue weighted by atomic mass is 10.1. The molecule has 0 aromatic heterocycles. The van der Waals surface area contributed by atoms with E-state index >= 15 is 0 Å². The summed E-state index contributed by atoms with van der Waals surface area (Å²) in [6, 6.07) is -0.0907. The summed E-state index contributed by atoms with van der Waals surface area (Å²) in [5, 5.41) is 0. The first-order chi connectivity index (χ1) is 10.1. The van der Waals surface area contributed by atoms with Gasteiger partial charge in [0.25, 0.3) is 0 Å². The van der Waals surface area contributed by atoms with Gasteiger partial charge in [-0.3, -0.25) is 4.79 Å². The molecule has 0 saturated heterocycles. The third-order valence-electron chi connectivity index (χ3n) is 3.81. The van der Waals surface area contributed by atoms with Gasteiger partial charge in [-0.05, 0) is 6.42 Å². The summed E-state index contributed by atoms with van der Waals surface area (Å²) in [6.45, 7) is 3.32. The Morgan fingerprint density at radius 3 is 2.10 bits per heavy atom. The zero-order valence-electron chi connectivity index (χ0n) is 14.4. The number of rotatable bonds is 14. The molecule has 4 nitrogen and oxygen atoms in total. The Bertz CT molecular complexity index is 247. The zero-order valence-corrected chi connectivity index (χ0v) is 14.4. The SMILES string of the molecule is CCCCCCCCCCCC(=O)N(C)CC(N)COC. The lowest BCUT2D eigenvalue weighted by molar-refractivity contribution is -0.130. The van der Waals surface area contributed by atoms with Gasteiger partial charge in [0, 0.05) is 33.2 Å². The molecule has 0 aliphatic carbocycles. The number of nitrogens with zero attached hydrogens (tertiary/aromatic N) is 1. The average Bonchev–Trinajstić information content (AvgIpc) is 2.45. The molecule has 0 radical (unpaired) electrons. The van der Waals surface area contributed by atoms with Crippen LogP contribution in [0.5, 0.6) is 0 Å². The Morgan fingerprint density at radius 1 is 1.05 bits per heavy atom. The molecule has 0 rings (SSSR count). The molecule has 0 saturated carbocycles. The minimum Gasteiger partial charge on any atom is -0.383 e. The van der Waals surface area contributed by atoms with Crippen LogP contribution in [0.25, 0.3) is 0 Å². The molecule has 0 spiro atoms. The van der Waals surface area contributed by atoms with Crippen molar-refractivity contribution in [1.82, 2.24) is 4.90 Å². The molecule has 1 unspecified atom stereocenters. The highest BCUT2D eigenvalue weighted by molar-refractivity contribution is 5.75. The normalized spacial score (nSPS) is 12.4. The zero-order chi connectivity index (χ0) is 15.9. The number of unbranched alkanes of at least 4 members (excludes halogenated alkanes) is 8. The number of hydrogen-bond donors (Lipinski definition) is 1. The third-order valence-corrected chi connectivity index (χ3v) is 3.81. The maximum Gasteiger partial charge on any atom is 0.222 e. The minimum atomic E-state index is -0.0907. The van der Waals surface area contributed by atoms with E-state index in [1.54, 1.807) is 12.0 Å². The van der Waals surface area contributed by atoms with Gasteiger partial charge in [-0.1, -0.05) is 58.3 Å². The topological polar surface area (TPSA) is 55.6 Å². The van der Waals surface area contributed by atoms with E-state index in [2.05, 4.69) is 6.92 Å². The van der Waals surface area contributed by atoms with E-state index in [9.17, 15) is 4.79 Å². The van der Waals surface area contributed by atoms with Crippen molar-refractivity contribution in [2.45, 2.75) is 77.2 Å². The van der Waals surface area contributed by atoms with E-state index in [0.717, 1.165) is 12.8 Å². The van der Waals surface area contributed by atoms with Crippen LogP contribution in [0.3, 0.4) is 0 Å². The van der Waals surface area contributed by atoms with E-state index in [-0.39, 0.29) is 11.9 Å². The van der Waals surface area contributed by atoms with Crippen LogP contribution in [0.4, 0.5) is 0 Å². The van der Waals surface area contributed by atoms with Crippen LogP contribution in [-0.4, -0.2) is 44.2 Å². The number of nitrogens with two attached hydrogens (primary N) is 1. The number of hydrogen-bond acceptors (Lipinski definition) is 3. The van der Waals surface area contributed by atoms with Crippen LogP contribution in [0.2, 0.25) is 0 Å². The van der Waals surface area contributed by atoms with Crippen LogP contribution in [-0.2, 0) is 9.53 Å². The number of carbonyl (C=O) groups excluding carboxylic acids is 1. The minimum absolute atomic E-state index is 0.0907. The van der Waals surface area contributed by atoms with Gasteiger partial charge >= 0.3 is 0 Å². The molecule has 0 aromatic rings. The molecular formula is C17H36N2O2. The second-order valence-electron chi connectivity index (χ2n) is 6.07. The lowest BCUT2D eigenvalue weighted by Gasteiger charge is -2.21. The van der Waals surface area contributed by atoms with Crippen LogP contribution >= 0.6 is 0 Å². The quantitative estimate of drug-likeness (QED) is 0.501. The van der Waals surface area contributed by atoms with Crippen molar-refractivity contribution in [1.29, 1.82) is 0 Å². The van der Waals surface area contributed by atoms with E-state index in [0.29, 0.717) is 19.6 Å². The molecule has 21 heavy (non-hydrogen) atoms. The Morgan fingerprint density at radius 2 is 1.57 bits per heavy atom. The fraction of sp³-hybridized carbons (Fsp3) is 0.941. The highest BCUT2D eigenvalue weighted by Gasteiger charge is 2.12. The number of likely N-dealkylation sites (N-methyl/N-ethyl adjacent to an activating group) is 1. The van der Waals surface area contributed by atoms with Crippen molar-refractivity contribution in [3.63, 3.8) is 0 Å². The molecule has 0 aromatic carbocycles. The Balaban J connectivity index is 3.44. The number of amides is 1. The first kappa shape index (κ1) is 20.4. The fourth-order valence-electron chi connectivity index (χ4n) is 2.50. The number of methoxy groups -OCH3 is 1. The standard InChI is InChI=1S/C17H36N2O2/c1-4-5-6-7-8-9-10-11-12-13-17(20)19(2)14-16(18)15-21-3/h16H,4-15,18H2,1-3H3. The third kappa shape index (κ3) is 12.8. The molecule has 0 heterocycles. The van der Waals surface area contributed by atoms with Crippen LogP contribution in [0.1, 0.15) is 71.1 Å². The molecule has 0 aliphatic heterocycles. The van der Waals surface area contributed by atoms with Gasteiger partial charge in [0.15, 0.2) is 0 Å². The monoisotopic (exact) mass is 300 g/mol. The van der Waals surface area contributed by atoms with Crippen molar-refractivity contribution in [3.8, 4) is 0 Å². The van der Waals surface area contributed by atoms with E-state index in [4.69, 9.17) is 10.5 Å². The lowest BCUT2D eigenvalue weighted by Crippen LogP contribution is -2.41. The van der Waals surface area contributed by atoms with Gasteiger partial charge in [-0.25, -0.2) is 0 Å². The summed E-state index contributed by atoms with van der Waals surface area (Å²) in [6.07, 6.45) is 12.1. The smallest absolute Gasteiger partial charge is 0.222 e. The summed E-state index contributed by atoms with van der Waals surface area (Å²) in [5.74, 6) is 0.199. The first-order valence-corrected chi connectivity index (χ1v) is 8.60. The van der Waals surface area contributed by atoms with Crippen LogP contribution in [0, 0.1) is 0 Å². The Hall–Kier alpha value is -0.610. The molecule has 4 heteroatoms. The predicted molar refractivity (Wildman–Crippen MR) is 89.3 cm³/mol. The molecule has 2 N–H and O–H groups in total. The summed E-state index contributed by atoms with van der Waals surface area (Å²) in [7, 11) is 3.45. The number of ether oxygens (including phenoxy) is 1. The van der Waals surface area contributed by atoms with Gasteiger partial charge in [-0.2, -0.15) is 0 Å². The first-order valence-electron chi connectivity index (χ1n) is 8.60. The van der Waals surface area contributed by atoms with E-state index in [1.165, 1.54) is 44.9 Å². The van der Waals surface area contributed by atoms with Gasteiger partial charge in [0.1, 0.15) is 0 Å². The van der Waals surface area contributed by atoms with Crippen LogP contribution in [0.15, 0.2) is 0 Å². The summed E-state index contributed by atoms with van der Waals surface area (Å²) in [5.41, 5.74) is 5.85. The van der Waals surface area contributed by atoms with Crippen LogP contribution < -0.4 is 5.73 Å².